The van der Waals surface area contributed by atoms with Crippen molar-refractivity contribution in [1.29, 1.82) is 5.26 Å². The molecule has 1 aromatic heterocycles. The van der Waals surface area contributed by atoms with E-state index in [0.717, 1.165) is 19.3 Å². The summed E-state index contributed by atoms with van der Waals surface area (Å²) in [5.41, 5.74) is 7.61. The van der Waals surface area contributed by atoms with Crippen LogP contribution in [-0.4, -0.2) is 16.9 Å². The first-order valence-corrected chi connectivity index (χ1v) is 7.07. The molecular formula is C16H20N4O. The zero-order chi connectivity index (χ0) is 15.2. The summed E-state index contributed by atoms with van der Waals surface area (Å²) in [6, 6.07) is 12.4. The number of aromatic nitrogens is 2. The number of nitrogen functional groups attached to an aromatic ring is 1. The lowest BCUT2D eigenvalue weighted by molar-refractivity contribution is 0.366. The minimum atomic E-state index is 0.119. The fourth-order valence-corrected chi connectivity index (χ4v) is 2.48. The number of hydrogen-bond acceptors (Lipinski definition) is 4. The van der Waals surface area contributed by atoms with Gasteiger partial charge in [-0.25, -0.2) is 4.68 Å². The van der Waals surface area contributed by atoms with Gasteiger partial charge in [0.2, 0.25) is 0 Å². The lowest BCUT2D eigenvalue weighted by atomic mass is 10.0. The van der Waals surface area contributed by atoms with Gasteiger partial charge in [-0.3, -0.25) is 0 Å². The number of anilines is 1. The lowest BCUT2D eigenvalue weighted by Crippen LogP contribution is -2.16. The van der Waals surface area contributed by atoms with Crippen molar-refractivity contribution >= 4 is 5.82 Å². The standard InChI is InChI=1S/C16H20N4O/c1-3-7-13(10-12-8-5-4-6-9-12)20-15(18)14(11-17)16(19-20)21-2/h4-6,8-9,13H,3,7,10,18H2,1-2H3. The van der Waals surface area contributed by atoms with Crippen LogP contribution in [0.5, 0.6) is 5.88 Å². The molecule has 0 fully saturated rings. The molecule has 0 aliphatic rings. The van der Waals surface area contributed by atoms with Gasteiger partial charge in [0, 0.05) is 0 Å². The fraction of sp³-hybridized carbons (Fsp3) is 0.375. The molecule has 2 aromatic rings. The van der Waals surface area contributed by atoms with Crippen molar-refractivity contribution in [3.05, 3.63) is 41.5 Å². The summed E-state index contributed by atoms with van der Waals surface area (Å²) in [4.78, 5) is 0. The Morgan fingerprint density at radius 1 is 1.38 bits per heavy atom. The van der Waals surface area contributed by atoms with Gasteiger partial charge in [0.25, 0.3) is 5.88 Å². The summed E-state index contributed by atoms with van der Waals surface area (Å²) in [5.74, 6) is 0.674. The molecule has 0 aliphatic heterocycles. The molecular weight excluding hydrogens is 264 g/mol. The average molecular weight is 284 g/mol. The summed E-state index contributed by atoms with van der Waals surface area (Å²) < 4.78 is 6.87. The van der Waals surface area contributed by atoms with Crippen molar-refractivity contribution in [3.63, 3.8) is 0 Å². The molecule has 2 rings (SSSR count). The summed E-state index contributed by atoms with van der Waals surface area (Å²) in [6.07, 6.45) is 2.78. The van der Waals surface area contributed by atoms with E-state index in [9.17, 15) is 5.26 Å². The molecule has 0 bridgehead atoms. The molecule has 5 nitrogen and oxygen atoms in total. The van der Waals surface area contributed by atoms with Crippen molar-refractivity contribution in [2.45, 2.75) is 32.2 Å². The Kier molecular flexibility index (Phi) is 4.83. The van der Waals surface area contributed by atoms with Crippen LogP contribution in [0.3, 0.4) is 0 Å². The van der Waals surface area contributed by atoms with Crippen LogP contribution in [0.2, 0.25) is 0 Å². The topological polar surface area (TPSA) is 76.9 Å². The average Bonchev–Trinajstić information content (AvgIpc) is 2.83. The molecule has 110 valence electrons. The van der Waals surface area contributed by atoms with E-state index in [0.29, 0.717) is 17.3 Å². The summed E-state index contributed by atoms with van der Waals surface area (Å²) in [7, 11) is 1.50. The van der Waals surface area contributed by atoms with Gasteiger partial charge >= 0.3 is 0 Å². The molecule has 1 aromatic carbocycles. The molecule has 0 radical (unpaired) electrons. The lowest BCUT2D eigenvalue weighted by Gasteiger charge is -2.18. The van der Waals surface area contributed by atoms with Crippen LogP contribution in [0.4, 0.5) is 5.82 Å². The largest absolute Gasteiger partial charge is 0.479 e. The van der Waals surface area contributed by atoms with E-state index in [1.165, 1.54) is 12.7 Å². The van der Waals surface area contributed by atoms with Crippen LogP contribution in [-0.2, 0) is 6.42 Å². The Bertz CT molecular complexity index is 628. The van der Waals surface area contributed by atoms with Crippen LogP contribution < -0.4 is 10.5 Å². The second-order valence-electron chi connectivity index (χ2n) is 4.96. The van der Waals surface area contributed by atoms with Gasteiger partial charge in [0.15, 0.2) is 5.56 Å². The van der Waals surface area contributed by atoms with Gasteiger partial charge < -0.3 is 10.5 Å². The Morgan fingerprint density at radius 3 is 2.62 bits per heavy atom. The normalized spacial score (nSPS) is 11.9. The maximum absolute atomic E-state index is 9.18. The maximum atomic E-state index is 9.18. The second kappa shape index (κ2) is 6.80. The van der Waals surface area contributed by atoms with Gasteiger partial charge in [-0.2, -0.15) is 5.26 Å². The van der Waals surface area contributed by atoms with E-state index in [4.69, 9.17) is 10.5 Å². The molecule has 0 amide bonds. The first-order chi connectivity index (χ1) is 10.2. The first-order valence-electron chi connectivity index (χ1n) is 7.07. The maximum Gasteiger partial charge on any atom is 0.252 e. The van der Waals surface area contributed by atoms with Gasteiger partial charge in [0.1, 0.15) is 11.9 Å². The van der Waals surface area contributed by atoms with Gasteiger partial charge in [-0.15, -0.1) is 5.10 Å². The molecule has 0 saturated carbocycles. The monoisotopic (exact) mass is 284 g/mol. The number of benzene rings is 1. The highest BCUT2D eigenvalue weighted by molar-refractivity contribution is 5.55. The molecule has 21 heavy (non-hydrogen) atoms. The molecule has 5 heteroatoms. The molecule has 1 unspecified atom stereocenters. The number of methoxy groups -OCH3 is 1. The van der Waals surface area contributed by atoms with Gasteiger partial charge in [0.05, 0.1) is 13.2 Å². The quantitative estimate of drug-likeness (QED) is 0.884. The number of nitrogens with two attached hydrogens (primary N) is 1. The number of ether oxygens (including phenoxy) is 1. The smallest absolute Gasteiger partial charge is 0.252 e. The van der Waals surface area contributed by atoms with Crippen LogP contribution in [0.1, 0.15) is 36.9 Å². The minimum absolute atomic E-state index is 0.119. The first kappa shape index (κ1) is 14.9. The Hall–Kier alpha value is -2.48. The number of hydrogen-bond donors (Lipinski definition) is 1. The molecule has 0 spiro atoms. The highest BCUT2D eigenvalue weighted by Gasteiger charge is 2.21. The third kappa shape index (κ3) is 3.16. The van der Waals surface area contributed by atoms with E-state index >= 15 is 0 Å². The third-order valence-electron chi connectivity index (χ3n) is 3.50. The van der Waals surface area contributed by atoms with E-state index in [2.05, 4.69) is 30.2 Å². The predicted molar refractivity (Wildman–Crippen MR) is 82.0 cm³/mol. The zero-order valence-corrected chi connectivity index (χ0v) is 12.4. The highest BCUT2D eigenvalue weighted by atomic mass is 16.5. The van der Waals surface area contributed by atoms with E-state index in [1.807, 2.05) is 18.2 Å². The van der Waals surface area contributed by atoms with Gasteiger partial charge in [-0.05, 0) is 18.4 Å². The van der Waals surface area contributed by atoms with Gasteiger partial charge in [-0.1, -0.05) is 43.7 Å². The van der Waals surface area contributed by atoms with Crippen molar-refractivity contribution in [2.75, 3.05) is 12.8 Å². The Balaban J connectivity index is 2.35. The van der Waals surface area contributed by atoms with E-state index in [1.54, 1.807) is 4.68 Å². The molecule has 2 N–H and O–H groups in total. The Labute approximate surface area is 124 Å². The van der Waals surface area contributed by atoms with Crippen molar-refractivity contribution in [1.82, 2.24) is 9.78 Å². The second-order valence-corrected chi connectivity index (χ2v) is 4.96. The summed E-state index contributed by atoms with van der Waals surface area (Å²) >= 11 is 0. The molecule has 0 saturated heterocycles. The van der Waals surface area contributed by atoms with Crippen molar-refractivity contribution < 1.29 is 4.74 Å². The molecule has 0 aliphatic carbocycles. The molecule has 1 heterocycles. The van der Waals surface area contributed by atoms with Crippen LogP contribution in [0.15, 0.2) is 30.3 Å². The number of rotatable bonds is 6. The minimum Gasteiger partial charge on any atom is -0.479 e. The van der Waals surface area contributed by atoms with Crippen LogP contribution in [0.25, 0.3) is 0 Å². The third-order valence-corrected chi connectivity index (χ3v) is 3.50. The van der Waals surface area contributed by atoms with E-state index in [-0.39, 0.29) is 6.04 Å². The summed E-state index contributed by atoms with van der Waals surface area (Å²) in [6.45, 7) is 2.13. The molecule has 1 atom stereocenters. The fourth-order valence-electron chi connectivity index (χ4n) is 2.48. The highest BCUT2D eigenvalue weighted by Crippen LogP contribution is 2.29. The number of nitrogens with zero attached hydrogens (tertiary/aromatic N) is 3. The predicted octanol–water partition coefficient (Wildman–Crippen LogP) is 2.93. The number of nitriles is 1. The van der Waals surface area contributed by atoms with Crippen LogP contribution in [0, 0.1) is 11.3 Å². The zero-order valence-electron chi connectivity index (χ0n) is 12.4. The van der Waals surface area contributed by atoms with Crippen molar-refractivity contribution in [3.8, 4) is 11.9 Å². The van der Waals surface area contributed by atoms with Crippen LogP contribution >= 0.6 is 0 Å². The Morgan fingerprint density at radius 2 is 2.10 bits per heavy atom. The van der Waals surface area contributed by atoms with Crippen molar-refractivity contribution in [2.24, 2.45) is 0 Å². The SMILES string of the molecule is CCCC(Cc1ccccc1)n1nc(OC)c(C#N)c1N. The summed E-state index contributed by atoms with van der Waals surface area (Å²) in [5, 5.41) is 13.5. The van der Waals surface area contributed by atoms with E-state index < -0.39 is 0 Å².